The monoisotopic (exact) mass is 286 g/mol. The summed E-state index contributed by atoms with van der Waals surface area (Å²) in [4.78, 5) is 0. The molecule has 100 valence electrons. The van der Waals surface area contributed by atoms with Crippen LogP contribution in [0.2, 0.25) is 5.02 Å². The van der Waals surface area contributed by atoms with Crippen molar-refractivity contribution in [1.29, 1.82) is 0 Å². The number of hydrogen-bond donors (Lipinski definition) is 0. The molecule has 0 radical (unpaired) electrons. The molecule has 0 unspecified atom stereocenters. The van der Waals surface area contributed by atoms with Crippen molar-refractivity contribution in [3.8, 4) is 16.9 Å². The van der Waals surface area contributed by atoms with Crippen molar-refractivity contribution in [3.63, 3.8) is 0 Å². The maximum absolute atomic E-state index is 12.8. The number of methoxy groups -OCH3 is 1. The fraction of sp³-hybridized carbons (Fsp3) is 0.143. The number of ether oxygens (including phenoxy) is 1. The van der Waals surface area contributed by atoms with E-state index in [9.17, 15) is 13.2 Å². The molecule has 19 heavy (non-hydrogen) atoms. The van der Waals surface area contributed by atoms with Gasteiger partial charge in [0.05, 0.1) is 17.7 Å². The molecule has 0 saturated carbocycles. The minimum Gasteiger partial charge on any atom is -0.496 e. The molecule has 0 spiro atoms. The van der Waals surface area contributed by atoms with E-state index in [2.05, 4.69) is 0 Å². The lowest BCUT2D eigenvalue weighted by atomic mass is 10.0. The summed E-state index contributed by atoms with van der Waals surface area (Å²) < 4.78 is 43.6. The van der Waals surface area contributed by atoms with Crippen LogP contribution in [0.4, 0.5) is 13.2 Å². The first-order chi connectivity index (χ1) is 8.93. The maximum Gasteiger partial charge on any atom is 0.417 e. The van der Waals surface area contributed by atoms with Gasteiger partial charge in [0.25, 0.3) is 0 Å². The summed E-state index contributed by atoms with van der Waals surface area (Å²) in [5, 5.41) is -0.314. The van der Waals surface area contributed by atoms with Crippen molar-refractivity contribution in [3.05, 3.63) is 53.1 Å². The number of alkyl halides is 3. The number of halogens is 4. The second-order valence-corrected chi connectivity index (χ2v) is 4.30. The van der Waals surface area contributed by atoms with Gasteiger partial charge in [0, 0.05) is 5.56 Å². The molecule has 0 heterocycles. The van der Waals surface area contributed by atoms with Crippen molar-refractivity contribution >= 4 is 11.6 Å². The Bertz CT molecular complexity index is 593. The van der Waals surface area contributed by atoms with Crippen LogP contribution in [0, 0.1) is 0 Å². The van der Waals surface area contributed by atoms with Gasteiger partial charge in [-0.25, -0.2) is 0 Å². The maximum atomic E-state index is 12.8. The molecule has 0 saturated heterocycles. The summed E-state index contributed by atoms with van der Waals surface area (Å²) in [6.07, 6.45) is -4.48. The average Bonchev–Trinajstić information content (AvgIpc) is 2.38. The highest BCUT2D eigenvalue weighted by Gasteiger charge is 2.33. The van der Waals surface area contributed by atoms with E-state index in [4.69, 9.17) is 16.3 Å². The molecular weight excluding hydrogens is 277 g/mol. The average molecular weight is 287 g/mol. The van der Waals surface area contributed by atoms with E-state index in [1.54, 1.807) is 24.3 Å². The molecule has 0 bridgehead atoms. The SMILES string of the molecule is COc1ccccc1-c1ccc(Cl)c(C(F)(F)F)c1. The van der Waals surface area contributed by atoms with Crippen LogP contribution in [0.3, 0.4) is 0 Å². The highest BCUT2D eigenvalue weighted by molar-refractivity contribution is 6.31. The minimum atomic E-state index is -4.48. The standard InChI is InChI=1S/C14H10ClF3O/c1-19-13-5-3-2-4-10(13)9-6-7-12(15)11(8-9)14(16,17)18/h2-8H,1H3. The third-order valence-corrected chi connectivity index (χ3v) is 3.02. The van der Waals surface area contributed by atoms with Crippen LogP contribution in [-0.4, -0.2) is 7.11 Å². The molecule has 2 aromatic rings. The molecule has 0 fully saturated rings. The van der Waals surface area contributed by atoms with Gasteiger partial charge >= 0.3 is 6.18 Å². The number of benzene rings is 2. The van der Waals surface area contributed by atoms with Crippen LogP contribution in [0.5, 0.6) is 5.75 Å². The molecule has 5 heteroatoms. The first-order valence-electron chi connectivity index (χ1n) is 5.43. The number of hydrogen-bond acceptors (Lipinski definition) is 1. The number of rotatable bonds is 2. The van der Waals surface area contributed by atoms with Crippen molar-refractivity contribution < 1.29 is 17.9 Å². The quantitative estimate of drug-likeness (QED) is 0.752. The minimum absolute atomic E-state index is 0.314. The summed E-state index contributed by atoms with van der Waals surface area (Å²) in [5.74, 6) is 0.512. The molecule has 0 N–H and O–H groups in total. The van der Waals surface area contributed by atoms with Gasteiger partial charge in [0.15, 0.2) is 0 Å². The van der Waals surface area contributed by atoms with Crippen molar-refractivity contribution in [2.24, 2.45) is 0 Å². The molecular formula is C14H10ClF3O. The van der Waals surface area contributed by atoms with Crippen molar-refractivity contribution in [2.45, 2.75) is 6.18 Å². The fourth-order valence-corrected chi connectivity index (χ4v) is 2.02. The van der Waals surface area contributed by atoms with Crippen molar-refractivity contribution in [2.75, 3.05) is 7.11 Å². The first kappa shape index (κ1) is 13.7. The van der Waals surface area contributed by atoms with Gasteiger partial charge in [-0.1, -0.05) is 35.9 Å². The molecule has 0 amide bonds. The third-order valence-electron chi connectivity index (χ3n) is 2.69. The molecule has 2 aromatic carbocycles. The van der Waals surface area contributed by atoms with E-state index >= 15 is 0 Å². The summed E-state index contributed by atoms with van der Waals surface area (Å²) in [6.45, 7) is 0. The lowest BCUT2D eigenvalue weighted by molar-refractivity contribution is -0.137. The zero-order chi connectivity index (χ0) is 14.0. The van der Waals surface area contributed by atoms with Gasteiger partial charge in [-0.05, 0) is 23.8 Å². The van der Waals surface area contributed by atoms with Gasteiger partial charge < -0.3 is 4.74 Å². The van der Waals surface area contributed by atoms with Crippen LogP contribution in [-0.2, 0) is 6.18 Å². The Labute approximate surface area is 113 Å². The summed E-state index contributed by atoms with van der Waals surface area (Å²) in [5.41, 5.74) is 0.152. The van der Waals surface area contributed by atoms with Gasteiger partial charge in [-0.2, -0.15) is 13.2 Å². The summed E-state index contributed by atoms with van der Waals surface area (Å²) >= 11 is 5.59. The smallest absolute Gasteiger partial charge is 0.417 e. The Morgan fingerprint density at radius 1 is 1.05 bits per heavy atom. The van der Waals surface area contributed by atoms with Crippen LogP contribution in [0.15, 0.2) is 42.5 Å². The van der Waals surface area contributed by atoms with Crippen molar-refractivity contribution in [1.82, 2.24) is 0 Å². The molecule has 0 aliphatic rings. The van der Waals surface area contributed by atoms with Crippen LogP contribution < -0.4 is 4.74 Å². The normalized spacial score (nSPS) is 11.4. The molecule has 1 nitrogen and oxygen atoms in total. The van der Waals surface area contributed by atoms with E-state index in [-0.39, 0.29) is 5.02 Å². The zero-order valence-corrected chi connectivity index (χ0v) is 10.7. The van der Waals surface area contributed by atoms with Gasteiger partial charge in [-0.3, -0.25) is 0 Å². The molecule has 2 rings (SSSR count). The second-order valence-electron chi connectivity index (χ2n) is 3.89. The largest absolute Gasteiger partial charge is 0.496 e. The molecule has 0 atom stereocenters. The number of para-hydroxylation sites is 1. The van der Waals surface area contributed by atoms with Crippen LogP contribution in [0.1, 0.15) is 5.56 Å². The highest BCUT2D eigenvalue weighted by atomic mass is 35.5. The Hall–Kier alpha value is -1.68. The summed E-state index contributed by atoms with van der Waals surface area (Å²) in [7, 11) is 1.47. The third kappa shape index (κ3) is 2.84. The van der Waals surface area contributed by atoms with E-state index in [1.807, 2.05) is 0 Å². The lowest BCUT2D eigenvalue weighted by Crippen LogP contribution is -2.06. The highest BCUT2D eigenvalue weighted by Crippen LogP contribution is 2.38. The molecule has 0 aliphatic heterocycles. The van der Waals surface area contributed by atoms with Crippen LogP contribution in [0.25, 0.3) is 11.1 Å². The first-order valence-corrected chi connectivity index (χ1v) is 5.81. The second kappa shape index (κ2) is 5.13. The van der Waals surface area contributed by atoms with Gasteiger partial charge in [0.2, 0.25) is 0 Å². The Morgan fingerprint density at radius 3 is 2.37 bits per heavy atom. The Kier molecular flexibility index (Phi) is 3.71. The van der Waals surface area contributed by atoms with Crippen LogP contribution >= 0.6 is 11.6 Å². The lowest BCUT2D eigenvalue weighted by Gasteiger charge is -2.13. The fourth-order valence-electron chi connectivity index (χ4n) is 1.79. The Morgan fingerprint density at radius 2 is 1.74 bits per heavy atom. The molecule has 0 aromatic heterocycles. The predicted octanol–water partition coefficient (Wildman–Crippen LogP) is 5.03. The van der Waals surface area contributed by atoms with E-state index in [0.29, 0.717) is 16.9 Å². The molecule has 0 aliphatic carbocycles. The zero-order valence-electron chi connectivity index (χ0n) is 9.96. The topological polar surface area (TPSA) is 9.23 Å². The van der Waals surface area contributed by atoms with Gasteiger partial charge in [0.1, 0.15) is 5.75 Å². The van der Waals surface area contributed by atoms with E-state index < -0.39 is 11.7 Å². The Balaban J connectivity index is 2.58. The van der Waals surface area contributed by atoms with E-state index in [1.165, 1.54) is 19.2 Å². The van der Waals surface area contributed by atoms with E-state index in [0.717, 1.165) is 6.07 Å². The van der Waals surface area contributed by atoms with Gasteiger partial charge in [-0.15, -0.1) is 0 Å². The predicted molar refractivity (Wildman–Crippen MR) is 68.4 cm³/mol. The summed E-state index contributed by atoms with van der Waals surface area (Å²) in [6, 6.07) is 10.7.